The number of nitrogens with zero attached hydrogens (tertiary/aromatic N) is 1. The highest BCUT2D eigenvalue weighted by atomic mass is 35.5. The predicted octanol–water partition coefficient (Wildman–Crippen LogP) is 5.91. The number of phenols is 1. The Hall–Kier alpha value is -3.58. The van der Waals surface area contributed by atoms with Gasteiger partial charge >= 0.3 is 0 Å². The molecule has 1 aliphatic rings. The van der Waals surface area contributed by atoms with E-state index in [1.165, 1.54) is 0 Å². The third-order valence-electron chi connectivity index (χ3n) is 6.08. The second-order valence-corrected chi connectivity index (χ2v) is 8.80. The second kappa shape index (κ2) is 9.35. The zero-order valence-corrected chi connectivity index (χ0v) is 19.3. The van der Waals surface area contributed by atoms with Crippen LogP contribution < -0.4 is 16.2 Å². The first-order valence-electron chi connectivity index (χ1n) is 11.1. The van der Waals surface area contributed by atoms with Gasteiger partial charge in [-0.3, -0.25) is 4.98 Å². The van der Waals surface area contributed by atoms with Crippen molar-refractivity contribution in [3.8, 4) is 28.1 Å². The summed E-state index contributed by atoms with van der Waals surface area (Å²) in [6.45, 7) is 2.03. The second-order valence-electron chi connectivity index (χ2n) is 8.36. The summed E-state index contributed by atoms with van der Waals surface area (Å²) >= 11 is 6.25. The van der Waals surface area contributed by atoms with Crippen LogP contribution in [0.5, 0.6) is 5.75 Å². The molecule has 1 aliphatic heterocycles. The highest BCUT2D eigenvalue weighted by molar-refractivity contribution is 6.31. The van der Waals surface area contributed by atoms with Crippen LogP contribution in [0.3, 0.4) is 0 Å². The predicted molar refractivity (Wildman–Crippen MR) is 137 cm³/mol. The van der Waals surface area contributed by atoms with Crippen LogP contribution >= 0.6 is 11.6 Å². The standard InChI is InChI=1S/C27H25ClN4O2/c1-16-21-11-18(7-9-24(21)32-31-16)22-13-20(30-25(15-33)17-5-3-2-4-6-17)14-29-27(22)23-12-19(28)8-10-26(23)34/h2-14,16,25,30-34H,15H2,1H3. The number of aliphatic hydroxyl groups excluding tert-OH is 1. The molecule has 7 heteroatoms. The molecule has 0 fully saturated rings. The van der Waals surface area contributed by atoms with Crippen LogP contribution in [-0.4, -0.2) is 21.8 Å². The van der Waals surface area contributed by atoms with Crippen molar-refractivity contribution in [3.63, 3.8) is 0 Å². The summed E-state index contributed by atoms with van der Waals surface area (Å²) in [5.74, 6) is 0.106. The molecule has 172 valence electrons. The third-order valence-corrected chi connectivity index (χ3v) is 6.31. The number of phenolic OH excluding ortho intramolecular Hbond substituents is 1. The lowest BCUT2D eigenvalue weighted by atomic mass is 9.95. The number of anilines is 2. The van der Waals surface area contributed by atoms with E-state index in [1.807, 2.05) is 48.5 Å². The van der Waals surface area contributed by atoms with Gasteiger partial charge in [0.05, 0.1) is 42.0 Å². The Balaban J connectivity index is 1.62. The van der Waals surface area contributed by atoms with Crippen LogP contribution in [0, 0.1) is 0 Å². The van der Waals surface area contributed by atoms with Crippen molar-refractivity contribution in [1.82, 2.24) is 10.4 Å². The molecule has 0 amide bonds. The lowest BCUT2D eigenvalue weighted by Gasteiger charge is -2.20. The van der Waals surface area contributed by atoms with Gasteiger partial charge in [0.1, 0.15) is 5.75 Å². The van der Waals surface area contributed by atoms with Crippen molar-refractivity contribution in [1.29, 1.82) is 0 Å². The Kier molecular flexibility index (Phi) is 6.11. The fraction of sp³-hybridized carbons (Fsp3) is 0.148. The number of fused-ring (bicyclic) bond motifs is 1. The molecule has 0 saturated heterocycles. The minimum Gasteiger partial charge on any atom is -0.507 e. The van der Waals surface area contributed by atoms with Gasteiger partial charge < -0.3 is 21.0 Å². The fourth-order valence-electron chi connectivity index (χ4n) is 4.26. The molecule has 0 spiro atoms. The Morgan fingerprint density at radius 1 is 1.03 bits per heavy atom. The van der Waals surface area contributed by atoms with Crippen molar-refractivity contribution < 1.29 is 10.2 Å². The van der Waals surface area contributed by atoms with Gasteiger partial charge in [-0.2, -0.15) is 0 Å². The van der Waals surface area contributed by atoms with E-state index < -0.39 is 0 Å². The summed E-state index contributed by atoms with van der Waals surface area (Å²) in [4.78, 5) is 4.73. The van der Waals surface area contributed by atoms with Gasteiger partial charge in [-0.1, -0.05) is 48.0 Å². The number of rotatable bonds is 6. The molecule has 34 heavy (non-hydrogen) atoms. The molecule has 5 N–H and O–H groups in total. The van der Waals surface area contributed by atoms with Crippen molar-refractivity contribution in [2.24, 2.45) is 0 Å². The number of nitrogens with one attached hydrogen (secondary N) is 3. The van der Waals surface area contributed by atoms with Crippen LogP contribution in [0.15, 0.2) is 79.0 Å². The smallest absolute Gasteiger partial charge is 0.125 e. The average molecular weight is 473 g/mol. The highest BCUT2D eigenvalue weighted by Crippen LogP contribution is 2.40. The molecule has 2 heterocycles. The van der Waals surface area contributed by atoms with Gasteiger partial charge in [-0.15, -0.1) is 0 Å². The SMILES string of the molecule is CC1NNc2ccc(-c3cc(NC(CO)c4ccccc4)cnc3-c3cc(Cl)ccc3O)cc21. The van der Waals surface area contributed by atoms with Crippen LogP contribution in [-0.2, 0) is 0 Å². The van der Waals surface area contributed by atoms with E-state index in [1.54, 1.807) is 24.4 Å². The maximum Gasteiger partial charge on any atom is 0.125 e. The van der Waals surface area contributed by atoms with Crippen LogP contribution in [0.2, 0.25) is 5.02 Å². The number of benzene rings is 3. The first-order chi connectivity index (χ1) is 16.5. The monoisotopic (exact) mass is 472 g/mol. The molecule has 1 aromatic heterocycles. The van der Waals surface area contributed by atoms with Gasteiger partial charge in [0, 0.05) is 16.1 Å². The number of hydrogen-bond acceptors (Lipinski definition) is 6. The molecular formula is C27H25ClN4O2. The minimum atomic E-state index is -0.283. The molecule has 3 aromatic carbocycles. The van der Waals surface area contributed by atoms with Crippen molar-refractivity contribution >= 4 is 23.0 Å². The molecule has 0 bridgehead atoms. The molecule has 0 saturated carbocycles. The van der Waals surface area contributed by atoms with Crippen LogP contribution in [0.4, 0.5) is 11.4 Å². The van der Waals surface area contributed by atoms with Crippen LogP contribution in [0.1, 0.15) is 30.1 Å². The van der Waals surface area contributed by atoms with E-state index in [4.69, 9.17) is 16.6 Å². The lowest BCUT2D eigenvalue weighted by molar-refractivity contribution is 0.276. The van der Waals surface area contributed by atoms with Crippen molar-refractivity contribution in [2.75, 3.05) is 17.3 Å². The van der Waals surface area contributed by atoms with Crippen LogP contribution in [0.25, 0.3) is 22.4 Å². The largest absolute Gasteiger partial charge is 0.507 e. The quantitative estimate of drug-likeness (QED) is 0.239. The van der Waals surface area contributed by atoms with E-state index in [0.29, 0.717) is 16.3 Å². The van der Waals surface area contributed by atoms with Gasteiger partial charge in [-0.25, -0.2) is 5.43 Å². The molecule has 2 unspecified atom stereocenters. The van der Waals surface area contributed by atoms with Gasteiger partial charge in [0.25, 0.3) is 0 Å². The zero-order valence-electron chi connectivity index (χ0n) is 18.6. The van der Waals surface area contributed by atoms with E-state index in [0.717, 1.165) is 33.6 Å². The molecule has 4 aromatic rings. The maximum atomic E-state index is 10.6. The number of aromatic nitrogens is 1. The average Bonchev–Trinajstić information content (AvgIpc) is 3.24. The molecular weight excluding hydrogens is 448 g/mol. The summed E-state index contributed by atoms with van der Waals surface area (Å²) in [6, 6.07) is 22.8. The number of aliphatic hydroxyl groups is 1. The highest BCUT2D eigenvalue weighted by Gasteiger charge is 2.21. The Bertz CT molecular complexity index is 1330. The van der Waals surface area contributed by atoms with Crippen molar-refractivity contribution in [2.45, 2.75) is 19.0 Å². The minimum absolute atomic E-state index is 0.0656. The third kappa shape index (κ3) is 4.31. The maximum absolute atomic E-state index is 10.6. The molecule has 0 aliphatic carbocycles. The number of halogens is 1. The number of pyridine rings is 1. The van der Waals surface area contributed by atoms with E-state index >= 15 is 0 Å². The van der Waals surface area contributed by atoms with E-state index in [9.17, 15) is 10.2 Å². The van der Waals surface area contributed by atoms with E-state index in [-0.39, 0.29) is 24.4 Å². The number of aromatic hydroxyl groups is 1. The molecule has 6 nitrogen and oxygen atoms in total. The Labute approximate surface area is 203 Å². The topological polar surface area (TPSA) is 89.4 Å². The fourth-order valence-corrected chi connectivity index (χ4v) is 4.44. The summed E-state index contributed by atoms with van der Waals surface area (Å²) in [5, 5.41) is 24.5. The van der Waals surface area contributed by atoms with E-state index in [2.05, 4.69) is 29.2 Å². The first-order valence-corrected chi connectivity index (χ1v) is 11.5. The Morgan fingerprint density at radius 2 is 1.85 bits per heavy atom. The summed E-state index contributed by atoms with van der Waals surface area (Å²) in [6.07, 6.45) is 1.71. The number of hydrogen-bond donors (Lipinski definition) is 5. The molecule has 5 rings (SSSR count). The molecule has 0 radical (unpaired) electrons. The summed E-state index contributed by atoms with van der Waals surface area (Å²) in [5.41, 5.74) is 13.3. The first kappa shape index (κ1) is 22.2. The van der Waals surface area contributed by atoms with Crippen molar-refractivity contribution in [3.05, 3.63) is 95.1 Å². The van der Waals surface area contributed by atoms with Gasteiger partial charge in [-0.05, 0) is 60.0 Å². The number of hydrazine groups is 1. The zero-order chi connectivity index (χ0) is 23.7. The Morgan fingerprint density at radius 3 is 2.65 bits per heavy atom. The molecule has 2 atom stereocenters. The summed E-state index contributed by atoms with van der Waals surface area (Å²) in [7, 11) is 0. The normalized spacial score (nSPS) is 15.4. The van der Waals surface area contributed by atoms with Gasteiger partial charge in [0.15, 0.2) is 0 Å². The summed E-state index contributed by atoms with van der Waals surface area (Å²) < 4.78 is 0. The van der Waals surface area contributed by atoms with Gasteiger partial charge in [0.2, 0.25) is 0 Å². The lowest BCUT2D eigenvalue weighted by Crippen LogP contribution is -2.15.